The number of hydrogen-bond acceptors (Lipinski definition) is 7. The minimum atomic E-state index is -1.07. The van der Waals surface area contributed by atoms with Gasteiger partial charge in [-0.1, -0.05) is 6.07 Å². The first-order chi connectivity index (χ1) is 18.2. The number of rotatable bonds is 6. The Morgan fingerprint density at radius 3 is 2.46 bits per heavy atom. The maximum Gasteiger partial charge on any atom is 0.165 e. The number of likely N-dealkylation sites (tertiary alicyclic amines) is 1. The number of imidazole rings is 1. The molecule has 1 saturated heterocycles. The molecule has 1 aliphatic heterocycles. The summed E-state index contributed by atoms with van der Waals surface area (Å²) in [6.07, 6.45) is 7.07. The van der Waals surface area contributed by atoms with Crippen LogP contribution in [0.2, 0.25) is 0 Å². The topological polar surface area (TPSA) is 109 Å². The Morgan fingerprint density at radius 2 is 1.70 bits per heavy atom. The van der Waals surface area contributed by atoms with Gasteiger partial charge in [0.2, 0.25) is 0 Å². The second kappa shape index (κ2) is 10.3. The predicted molar refractivity (Wildman–Crippen MR) is 145 cm³/mol. The molecule has 5 aromatic rings. The SMILES string of the molecule is Nc1cc(CN2CCC([S+]([O-])c3ccc(-n4c(-c5ccccn5)nc5cccnc54)cc3)CC2)ccn1. The number of pyridine rings is 3. The highest BCUT2D eigenvalue weighted by atomic mass is 32.2. The van der Waals surface area contributed by atoms with Crippen LogP contribution in [-0.2, 0) is 17.7 Å². The van der Waals surface area contributed by atoms with Crippen LogP contribution in [0.5, 0.6) is 0 Å². The first kappa shape index (κ1) is 23.6. The van der Waals surface area contributed by atoms with Gasteiger partial charge in [-0.2, -0.15) is 0 Å². The van der Waals surface area contributed by atoms with E-state index in [0.717, 1.165) is 71.3 Å². The summed E-state index contributed by atoms with van der Waals surface area (Å²) in [5.74, 6) is 1.27. The molecular formula is C28H27N7OS. The average Bonchev–Trinajstić information content (AvgIpc) is 3.33. The number of fused-ring (bicyclic) bond motifs is 1. The van der Waals surface area contributed by atoms with Crippen LogP contribution in [0.25, 0.3) is 28.4 Å². The van der Waals surface area contributed by atoms with Crippen molar-refractivity contribution < 1.29 is 4.55 Å². The van der Waals surface area contributed by atoms with E-state index in [1.807, 2.05) is 71.3 Å². The lowest BCUT2D eigenvalue weighted by molar-refractivity contribution is 0.222. The fraction of sp³-hybridized carbons (Fsp3) is 0.214. The van der Waals surface area contributed by atoms with E-state index in [1.165, 1.54) is 0 Å². The Labute approximate surface area is 218 Å². The van der Waals surface area contributed by atoms with E-state index >= 15 is 0 Å². The zero-order chi connectivity index (χ0) is 25.2. The van der Waals surface area contributed by atoms with Crippen LogP contribution < -0.4 is 5.73 Å². The first-order valence-corrected chi connectivity index (χ1v) is 13.6. The highest BCUT2D eigenvalue weighted by Crippen LogP contribution is 2.29. The van der Waals surface area contributed by atoms with E-state index < -0.39 is 11.2 Å². The molecule has 1 aliphatic rings. The molecule has 186 valence electrons. The normalized spacial score (nSPS) is 15.7. The Kier molecular flexibility index (Phi) is 6.57. The minimum Gasteiger partial charge on any atom is -0.611 e. The van der Waals surface area contributed by atoms with Crippen molar-refractivity contribution in [1.82, 2.24) is 29.4 Å². The van der Waals surface area contributed by atoms with Crippen molar-refractivity contribution in [2.75, 3.05) is 18.8 Å². The molecule has 1 unspecified atom stereocenters. The van der Waals surface area contributed by atoms with Gasteiger partial charge in [-0.05, 0) is 77.4 Å². The van der Waals surface area contributed by atoms with Crippen LogP contribution in [0.3, 0.4) is 0 Å². The molecule has 5 heterocycles. The van der Waals surface area contributed by atoms with Crippen molar-refractivity contribution >= 4 is 28.2 Å². The summed E-state index contributed by atoms with van der Waals surface area (Å²) in [7, 11) is 0. The molecule has 0 bridgehead atoms. The number of nitrogens with zero attached hydrogens (tertiary/aromatic N) is 6. The molecule has 0 spiro atoms. The maximum atomic E-state index is 13.4. The molecule has 1 fully saturated rings. The van der Waals surface area contributed by atoms with E-state index in [-0.39, 0.29) is 5.25 Å². The van der Waals surface area contributed by atoms with E-state index in [0.29, 0.717) is 5.82 Å². The number of benzene rings is 1. The van der Waals surface area contributed by atoms with Crippen molar-refractivity contribution in [2.24, 2.45) is 0 Å². The van der Waals surface area contributed by atoms with Crippen LogP contribution in [0.4, 0.5) is 5.82 Å². The Hall–Kier alpha value is -3.79. The molecule has 0 radical (unpaired) electrons. The Morgan fingerprint density at radius 1 is 0.892 bits per heavy atom. The second-order valence-electron chi connectivity index (χ2n) is 9.19. The third kappa shape index (κ3) is 4.93. The number of aromatic nitrogens is 5. The summed E-state index contributed by atoms with van der Waals surface area (Å²) in [5.41, 5.74) is 10.2. The van der Waals surface area contributed by atoms with E-state index in [9.17, 15) is 4.55 Å². The monoisotopic (exact) mass is 509 g/mol. The average molecular weight is 510 g/mol. The van der Waals surface area contributed by atoms with Crippen LogP contribution in [0, 0.1) is 0 Å². The van der Waals surface area contributed by atoms with Crippen molar-refractivity contribution in [2.45, 2.75) is 29.5 Å². The summed E-state index contributed by atoms with van der Waals surface area (Å²) in [6, 6.07) is 21.5. The zero-order valence-corrected chi connectivity index (χ0v) is 21.1. The minimum absolute atomic E-state index is 0.143. The molecular weight excluding hydrogens is 482 g/mol. The molecule has 8 nitrogen and oxygen atoms in total. The summed E-state index contributed by atoms with van der Waals surface area (Å²) < 4.78 is 15.4. The molecule has 6 rings (SSSR count). The first-order valence-electron chi connectivity index (χ1n) is 12.3. The lowest BCUT2D eigenvalue weighted by Crippen LogP contribution is -2.38. The third-order valence-electron chi connectivity index (χ3n) is 6.73. The van der Waals surface area contributed by atoms with E-state index in [4.69, 9.17) is 10.7 Å². The molecule has 1 aromatic carbocycles. The molecule has 0 amide bonds. The van der Waals surface area contributed by atoms with Gasteiger partial charge in [-0.3, -0.25) is 14.5 Å². The molecule has 2 N–H and O–H groups in total. The van der Waals surface area contributed by atoms with Crippen LogP contribution >= 0.6 is 0 Å². The lowest BCUT2D eigenvalue weighted by Gasteiger charge is -2.32. The van der Waals surface area contributed by atoms with Crippen molar-refractivity contribution in [1.29, 1.82) is 0 Å². The second-order valence-corrected chi connectivity index (χ2v) is 10.9. The van der Waals surface area contributed by atoms with Crippen molar-refractivity contribution in [3.05, 3.63) is 90.9 Å². The van der Waals surface area contributed by atoms with Gasteiger partial charge in [0.05, 0.1) is 0 Å². The van der Waals surface area contributed by atoms with Crippen molar-refractivity contribution in [3.8, 4) is 17.2 Å². The Bertz CT molecular complexity index is 1500. The third-order valence-corrected chi connectivity index (χ3v) is 8.54. The van der Waals surface area contributed by atoms with Gasteiger partial charge in [0.25, 0.3) is 0 Å². The molecule has 0 saturated carbocycles. The largest absolute Gasteiger partial charge is 0.611 e. The van der Waals surface area contributed by atoms with E-state index in [1.54, 1.807) is 18.6 Å². The smallest absolute Gasteiger partial charge is 0.165 e. The fourth-order valence-corrected chi connectivity index (χ4v) is 6.31. The molecule has 1 atom stereocenters. The molecule has 37 heavy (non-hydrogen) atoms. The van der Waals surface area contributed by atoms with Crippen LogP contribution in [0.1, 0.15) is 18.4 Å². The molecule has 9 heteroatoms. The van der Waals surface area contributed by atoms with Gasteiger partial charge in [-0.15, -0.1) is 0 Å². The van der Waals surface area contributed by atoms with E-state index in [2.05, 4.69) is 19.9 Å². The van der Waals surface area contributed by atoms with Gasteiger partial charge in [0.15, 0.2) is 16.4 Å². The van der Waals surface area contributed by atoms with Gasteiger partial charge in [0, 0.05) is 56.8 Å². The lowest BCUT2D eigenvalue weighted by atomic mass is 10.1. The Balaban J connectivity index is 1.19. The molecule has 0 aliphatic carbocycles. The van der Waals surface area contributed by atoms with Crippen LogP contribution in [0.15, 0.2) is 90.2 Å². The van der Waals surface area contributed by atoms with Gasteiger partial charge >= 0.3 is 0 Å². The number of hydrogen-bond donors (Lipinski definition) is 1. The van der Waals surface area contributed by atoms with Gasteiger partial charge < -0.3 is 10.3 Å². The van der Waals surface area contributed by atoms with Gasteiger partial charge in [-0.25, -0.2) is 15.0 Å². The zero-order valence-electron chi connectivity index (χ0n) is 20.3. The summed E-state index contributed by atoms with van der Waals surface area (Å²) in [6.45, 7) is 2.67. The van der Waals surface area contributed by atoms with Gasteiger partial charge in [0.1, 0.15) is 22.3 Å². The molecule has 4 aromatic heterocycles. The highest BCUT2D eigenvalue weighted by Gasteiger charge is 2.30. The van der Waals surface area contributed by atoms with Crippen LogP contribution in [-0.4, -0.2) is 52.3 Å². The maximum absolute atomic E-state index is 13.4. The fourth-order valence-electron chi connectivity index (χ4n) is 4.88. The number of piperidine rings is 1. The summed E-state index contributed by atoms with van der Waals surface area (Å²) >= 11 is -1.07. The summed E-state index contributed by atoms with van der Waals surface area (Å²) in [5, 5.41) is 0.143. The quantitative estimate of drug-likeness (QED) is 0.341. The number of nitrogen functional groups attached to an aromatic ring is 1. The highest BCUT2D eigenvalue weighted by molar-refractivity contribution is 7.92. The number of nitrogens with two attached hydrogens (primary N) is 1. The standard InChI is InChI=1S/C28H27N7OS/c29-26-18-20(10-15-31-26)19-34-16-11-23(12-17-34)37(36)22-8-6-21(7-9-22)35-27-25(5-3-14-32-27)33-28(35)24-4-1-2-13-30-24/h1-10,13-15,18,23H,11-12,16-17,19H2,(H2,29,31). The predicted octanol–water partition coefficient (Wildman–Crippen LogP) is 4.23. The number of anilines is 1. The summed E-state index contributed by atoms with van der Waals surface area (Å²) in [4.78, 5) is 21.2. The van der Waals surface area contributed by atoms with Crippen molar-refractivity contribution in [3.63, 3.8) is 0 Å².